The van der Waals surface area contributed by atoms with Crippen LogP contribution in [0.1, 0.15) is 49.4 Å². The van der Waals surface area contributed by atoms with Gasteiger partial charge in [-0.15, -0.1) is 0 Å². The van der Waals surface area contributed by atoms with E-state index in [1.54, 1.807) is 12.1 Å². The lowest BCUT2D eigenvalue weighted by Crippen LogP contribution is -2.49. The summed E-state index contributed by atoms with van der Waals surface area (Å²) < 4.78 is 11.0. The first-order valence-corrected chi connectivity index (χ1v) is 12.1. The van der Waals surface area contributed by atoms with Crippen LogP contribution in [0.2, 0.25) is 0 Å². The fourth-order valence-corrected chi connectivity index (χ4v) is 5.36. The molecule has 0 aliphatic carbocycles. The van der Waals surface area contributed by atoms with Gasteiger partial charge in [-0.1, -0.05) is 6.92 Å². The van der Waals surface area contributed by atoms with E-state index in [0.29, 0.717) is 29.4 Å². The number of amides is 1. The molecular weight excluding hydrogens is 400 g/mol. The Balaban J connectivity index is 1.38. The van der Waals surface area contributed by atoms with E-state index in [1.165, 1.54) is 24.3 Å². The number of thioether (sulfide) groups is 1. The first-order valence-electron chi connectivity index (χ1n) is 11.0. The van der Waals surface area contributed by atoms with E-state index in [0.717, 1.165) is 32.4 Å². The molecule has 0 unspecified atom stereocenters. The van der Waals surface area contributed by atoms with Crippen LogP contribution >= 0.6 is 11.8 Å². The molecule has 2 aliphatic heterocycles. The number of fused-ring (bicyclic) bond motifs is 1. The molecule has 4 rings (SSSR count). The summed E-state index contributed by atoms with van der Waals surface area (Å²) in [6.45, 7) is 4.65. The van der Waals surface area contributed by atoms with Gasteiger partial charge in [0.05, 0.1) is 6.61 Å². The maximum absolute atomic E-state index is 12.8. The van der Waals surface area contributed by atoms with Crippen molar-refractivity contribution in [1.29, 1.82) is 0 Å². The zero-order chi connectivity index (χ0) is 20.9. The molecule has 1 aromatic carbocycles. The van der Waals surface area contributed by atoms with Gasteiger partial charge in [0.15, 0.2) is 0 Å². The fraction of sp³-hybridized carbons (Fsp3) is 0.565. The molecule has 0 spiro atoms. The highest BCUT2D eigenvalue weighted by molar-refractivity contribution is 7.99. The Bertz CT molecular complexity index is 930. The Morgan fingerprint density at radius 1 is 1.20 bits per heavy atom. The second-order valence-electron chi connectivity index (χ2n) is 8.12. The molecule has 0 atom stereocenters. The lowest BCUT2D eigenvalue weighted by atomic mass is 10.0. The molecule has 30 heavy (non-hydrogen) atoms. The number of nitrogens with one attached hydrogen (secondary N) is 1. The summed E-state index contributed by atoms with van der Waals surface area (Å²) in [4.78, 5) is 27.8. The van der Waals surface area contributed by atoms with E-state index in [9.17, 15) is 9.59 Å². The maximum Gasteiger partial charge on any atom is 0.349 e. The van der Waals surface area contributed by atoms with Crippen LogP contribution in [0.5, 0.6) is 5.75 Å². The second kappa shape index (κ2) is 9.88. The number of carbonyl (C=O) groups is 1. The van der Waals surface area contributed by atoms with Gasteiger partial charge in [-0.25, -0.2) is 4.79 Å². The van der Waals surface area contributed by atoms with Crippen molar-refractivity contribution in [2.24, 2.45) is 0 Å². The predicted molar refractivity (Wildman–Crippen MR) is 121 cm³/mol. The SMILES string of the molecule is CCCOc1ccc2cc(C(=O)NC3CCN(C4CCSCC4)CC3)c(=O)oc2c1. The smallest absolute Gasteiger partial charge is 0.349 e. The number of carbonyl (C=O) groups excluding carboxylic acids is 1. The highest BCUT2D eigenvalue weighted by Gasteiger charge is 2.27. The Morgan fingerprint density at radius 2 is 1.97 bits per heavy atom. The summed E-state index contributed by atoms with van der Waals surface area (Å²) in [5, 5.41) is 3.77. The molecule has 162 valence electrons. The Morgan fingerprint density at radius 3 is 2.70 bits per heavy atom. The quantitative estimate of drug-likeness (QED) is 0.705. The van der Waals surface area contributed by atoms with Crippen LogP contribution in [-0.4, -0.2) is 54.1 Å². The predicted octanol–water partition coefficient (Wildman–Crippen LogP) is 3.67. The zero-order valence-electron chi connectivity index (χ0n) is 17.5. The molecular formula is C23H30N2O4S. The Hall–Kier alpha value is -1.99. The van der Waals surface area contributed by atoms with Crippen molar-refractivity contribution in [3.63, 3.8) is 0 Å². The van der Waals surface area contributed by atoms with Gasteiger partial charge in [0.25, 0.3) is 5.91 Å². The molecule has 6 nitrogen and oxygen atoms in total. The molecule has 2 fully saturated rings. The number of ether oxygens (including phenoxy) is 1. The monoisotopic (exact) mass is 430 g/mol. The van der Waals surface area contributed by atoms with Crippen molar-refractivity contribution in [2.45, 2.75) is 51.1 Å². The molecule has 2 aliphatic rings. The Kier molecular flexibility index (Phi) is 7.00. The zero-order valence-corrected chi connectivity index (χ0v) is 18.3. The summed E-state index contributed by atoms with van der Waals surface area (Å²) in [6.07, 6.45) is 5.29. The highest BCUT2D eigenvalue weighted by atomic mass is 32.2. The van der Waals surface area contributed by atoms with Crippen LogP contribution in [-0.2, 0) is 0 Å². The van der Waals surface area contributed by atoms with Gasteiger partial charge < -0.3 is 19.4 Å². The van der Waals surface area contributed by atoms with E-state index in [1.807, 2.05) is 30.8 Å². The third-order valence-electron chi connectivity index (χ3n) is 6.00. The summed E-state index contributed by atoms with van der Waals surface area (Å²) in [5.41, 5.74) is -0.106. The molecule has 1 aromatic heterocycles. The second-order valence-corrected chi connectivity index (χ2v) is 9.35. The lowest BCUT2D eigenvalue weighted by molar-refractivity contribution is 0.0883. The molecule has 2 saturated heterocycles. The summed E-state index contributed by atoms with van der Waals surface area (Å²) in [7, 11) is 0. The van der Waals surface area contributed by atoms with E-state index < -0.39 is 5.63 Å². The summed E-state index contributed by atoms with van der Waals surface area (Å²) in [5.74, 6) is 2.83. The van der Waals surface area contributed by atoms with Gasteiger partial charge >= 0.3 is 5.63 Å². The van der Waals surface area contributed by atoms with E-state index in [2.05, 4.69) is 10.2 Å². The average Bonchev–Trinajstić information content (AvgIpc) is 2.78. The molecule has 1 N–H and O–H groups in total. The topological polar surface area (TPSA) is 71.8 Å². The van der Waals surface area contributed by atoms with E-state index in [4.69, 9.17) is 9.15 Å². The largest absolute Gasteiger partial charge is 0.493 e. The maximum atomic E-state index is 12.8. The normalized spacial score (nSPS) is 19.1. The van der Waals surface area contributed by atoms with Crippen LogP contribution in [0.25, 0.3) is 11.0 Å². The van der Waals surface area contributed by atoms with Crippen molar-refractivity contribution in [1.82, 2.24) is 10.2 Å². The summed E-state index contributed by atoms with van der Waals surface area (Å²) in [6, 6.07) is 7.77. The Labute approximate surface area is 181 Å². The number of piperidine rings is 1. The number of rotatable bonds is 6. The number of nitrogens with zero attached hydrogens (tertiary/aromatic N) is 1. The number of hydrogen-bond acceptors (Lipinski definition) is 6. The molecule has 0 bridgehead atoms. The third-order valence-corrected chi connectivity index (χ3v) is 7.05. The molecule has 1 amide bonds. The van der Waals surface area contributed by atoms with Gasteiger partial charge in [-0.3, -0.25) is 4.79 Å². The van der Waals surface area contributed by atoms with Crippen molar-refractivity contribution in [3.05, 3.63) is 40.2 Å². The van der Waals surface area contributed by atoms with E-state index >= 15 is 0 Å². The van der Waals surface area contributed by atoms with Crippen LogP contribution in [0.15, 0.2) is 33.5 Å². The molecule has 7 heteroatoms. The van der Waals surface area contributed by atoms with Crippen LogP contribution in [0.4, 0.5) is 0 Å². The van der Waals surface area contributed by atoms with Crippen molar-refractivity contribution >= 4 is 28.6 Å². The lowest BCUT2D eigenvalue weighted by Gasteiger charge is -2.39. The number of likely N-dealkylation sites (tertiary alicyclic amines) is 1. The van der Waals surface area contributed by atoms with Crippen molar-refractivity contribution in [2.75, 3.05) is 31.2 Å². The molecule has 2 aromatic rings. The number of hydrogen-bond donors (Lipinski definition) is 1. The number of benzene rings is 1. The van der Waals surface area contributed by atoms with Crippen LogP contribution in [0, 0.1) is 0 Å². The molecule has 3 heterocycles. The van der Waals surface area contributed by atoms with Gasteiger partial charge in [-0.2, -0.15) is 11.8 Å². The van der Waals surface area contributed by atoms with Gasteiger partial charge in [0.1, 0.15) is 16.9 Å². The summed E-state index contributed by atoms with van der Waals surface area (Å²) >= 11 is 2.05. The minimum absolute atomic E-state index is 0.0662. The van der Waals surface area contributed by atoms with Gasteiger partial charge in [0.2, 0.25) is 0 Å². The van der Waals surface area contributed by atoms with Crippen LogP contribution in [0.3, 0.4) is 0 Å². The van der Waals surface area contributed by atoms with Crippen LogP contribution < -0.4 is 15.7 Å². The fourth-order valence-electron chi connectivity index (χ4n) is 4.28. The van der Waals surface area contributed by atoms with Crippen molar-refractivity contribution in [3.8, 4) is 5.75 Å². The molecule has 0 saturated carbocycles. The third kappa shape index (κ3) is 5.01. The average molecular weight is 431 g/mol. The van der Waals surface area contributed by atoms with Gasteiger partial charge in [0, 0.05) is 36.6 Å². The molecule has 0 radical (unpaired) electrons. The highest BCUT2D eigenvalue weighted by Crippen LogP contribution is 2.25. The minimum atomic E-state index is -0.607. The van der Waals surface area contributed by atoms with Gasteiger partial charge in [-0.05, 0) is 61.8 Å². The van der Waals surface area contributed by atoms with Crippen molar-refractivity contribution < 1.29 is 13.9 Å². The first kappa shape index (κ1) is 21.2. The van der Waals surface area contributed by atoms with E-state index in [-0.39, 0.29) is 17.5 Å². The standard InChI is InChI=1S/C23H30N2O4S/c1-2-11-28-19-4-3-16-14-20(23(27)29-21(16)15-19)22(26)24-17-5-9-25(10-6-17)18-7-12-30-13-8-18/h3-4,14-15,17-18H,2,5-13H2,1H3,(H,24,26). The first-order chi connectivity index (χ1) is 14.6. The minimum Gasteiger partial charge on any atom is -0.493 e.